The first-order valence-electron chi connectivity index (χ1n) is 6.72. The summed E-state index contributed by atoms with van der Waals surface area (Å²) in [6.45, 7) is 0.101. The number of piperidine rings is 1. The smallest absolute Gasteiger partial charge is 0.396 e. The predicted molar refractivity (Wildman–Crippen MR) is 67.9 cm³/mol. The van der Waals surface area contributed by atoms with Crippen molar-refractivity contribution < 1.29 is 23.1 Å². The number of carbonyl (C=O) groups is 1. The van der Waals surface area contributed by atoms with Gasteiger partial charge < -0.3 is 16.2 Å². The maximum atomic E-state index is 12.2. The third-order valence-electron chi connectivity index (χ3n) is 3.35. The van der Waals surface area contributed by atoms with Crippen LogP contribution in [-0.4, -0.2) is 60.9 Å². The normalized spacial score (nSPS) is 24.8. The second-order valence-corrected chi connectivity index (χ2v) is 5.32. The summed E-state index contributed by atoms with van der Waals surface area (Å²) in [4.78, 5) is 12.7. The lowest BCUT2D eigenvalue weighted by Gasteiger charge is -2.37. The van der Waals surface area contributed by atoms with E-state index in [2.05, 4.69) is 5.32 Å². The summed E-state index contributed by atoms with van der Waals surface area (Å²) >= 11 is 0. The number of aliphatic hydroxyl groups excluding tert-OH is 1. The van der Waals surface area contributed by atoms with Gasteiger partial charge in [-0.3, -0.25) is 9.69 Å². The van der Waals surface area contributed by atoms with E-state index in [0.717, 1.165) is 6.42 Å². The van der Waals surface area contributed by atoms with E-state index < -0.39 is 18.6 Å². The van der Waals surface area contributed by atoms with Crippen LogP contribution in [-0.2, 0) is 4.79 Å². The van der Waals surface area contributed by atoms with E-state index in [-0.39, 0.29) is 25.1 Å². The molecule has 1 saturated heterocycles. The van der Waals surface area contributed by atoms with Gasteiger partial charge in [-0.25, -0.2) is 0 Å². The van der Waals surface area contributed by atoms with Crippen molar-refractivity contribution in [2.45, 2.75) is 31.5 Å². The van der Waals surface area contributed by atoms with Crippen molar-refractivity contribution in [2.75, 3.05) is 32.8 Å². The van der Waals surface area contributed by atoms with Gasteiger partial charge in [-0.15, -0.1) is 0 Å². The van der Waals surface area contributed by atoms with Crippen molar-refractivity contribution >= 4 is 5.91 Å². The minimum atomic E-state index is -4.24. The fourth-order valence-corrected chi connectivity index (χ4v) is 2.65. The first-order valence-corrected chi connectivity index (χ1v) is 6.72. The Labute approximate surface area is 116 Å². The largest absolute Gasteiger partial charge is 0.401 e. The monoisotopic (exact) mass is 297 g/mol. The summed E-state index contributed by atoms with van der Waals surface area (Å²) in [7, 11) is 0. The van der Waals surface area contributed by atoms with Gasteiger partial charge in [0.1, 0.15) is 0 Å². The van der Waals surface area contributed by atoms with Crippen LogP contribution in [0, 0.1) is 5.92 Å². The molecule has 4 N–H and O–H groups in total. The van der Waals surface area contributed by atoms with Crippen LogP contribution in [0.3, 0.4) is 0 Å². The van der Waals surface area contributed by atoms with E-state index in [0.29, 0.717) is 25.9 Å². The first-order chi connectivity index (χ1) is 9.30. The van der Waals surface area contributed by atoms with E-state index in [4.69, 9.17) is 10.8 Å². The summed E-state index contributed by atoms with van der Waals surface area (Å²) in [5.41, 5.74) is 5.14. The molecule has 1 aliphatic heterocycles. The number of nitrogens with two attached hydrogens (primary N) is 1. The highest BCUT2D eigenvalue weighted by Crippen LogP contribution is 2.22. The van der Waals surface area contributed by atoms with Crippen molar-refractivity contribution in [3.63, 3.8) is 0 Å². The van der Waals surface area contributed by atoms with Crippen LogP contribution in [0.1, 0.15) is 19.3 Å². The molecule has 8 heteroatoms. The van der Waals surface area contributed by atoms with E-state index in [1.54, 1.807) is 4.90 Å². The molecular formula is C12H22F3N3O2. The van der Waals surface area contributed by atoms with Crippen molar-refractivity contribution in [3.8, 4) is 0 Å². The number of rotatable bonds is 7. The summed E-state index contributed by atoms with van der Waals surface area (Å²) < 4.78 is 36.7. The molecule has 0 aromatic rings. The molecule has 2 unspecified atom stereocenters. The van der Waals surface area contributed by atoms with Gasteiger partial charge in [-0.1, -0.05) is 0 Å². The maximum absolute atomic E-state index is 12.2. The van der Waals surface area contributed by atoms with Gasteiger partial charge in [-0.2, -0.15) is 13.2 Å². The molecule has 0 bridgehead atoms. The van der Waals surface area contributed by atoms with Gasteiger partial charge >= 0.3 is 6.18 Å². The van der Waals surface area contributed by atoms with Crippen molar-refractivity contribution in [1.82, 2.24) is 10.2 Å². The molecule has 5 nitrogen and oxygen atoms in total. The Morgan fingerprint density at radius 2 is 2.10 bits per heavy atom. The summed E-state index contributed by atoms with van der Waals surface area (Å²) in [5, 5.41) is 11.3. The number of aliphatic hydroxyl groups is 1. The lowest BCUT2D eigenvalue weighted by Crippen LogP contribution is -2.52. The molecule has 1 fully saturated rings. The van der Waals surface area contributed by atoms with Crippen molar-refractivity contribution in [3.05, 3.63) is 0 Å². The number of halogens is 3. The zero-order chi connectivity index (χ0) is 15.2. The number of alkyl halides is 3. The molecule has 0 aromatic heterocycles. The van der Waals surface area contributed by atoms with E-state index in [1.165, 1.54) is 0 Å². The van der Waals surface area contributed by atoms with Crippen LogP contribution in [0.25, 0.3) is 0 Å². The lowest BCUT2D eigenvalue weighted by molar-refractivity contribution is -0.128. The Morgan fingerprint density at radius 3 is 2.65 bits per heavy atom. The lowest BCUT2D eigenvalue weighted by atomic mass is 9.90. The summed E-state index contributed by atoms with van der Waals surface area (Å²) in [6.07, 6.45) is -2.28. The van der Waals surface area contributed by atoms with Crippen LogP contribution < -0.4 is 11.1 Å². The van der Waals surface area contributed by atoms with Gasteiger partial charge in [0, 0.05) is 25.7 Å². The Balaban J connectivity index is 2.52. The number of nitrogens with one attached hydrogen (secondary N) is 1. The molecule has 0 radical (unpaired) electrons. The van der Waals surface area contributed by atoms with Crippen LogP contribution in [0.4, 0.5) is 13.2 Å². The second-order valence-electron chi connectivity index (χ2n) is 5.32. The minimum Gasteiger partial charge on any atom is -0.396 e. The Hall–Kier alpha value is -0.860. The third kappa shape index (κ3) is 7.06. The highest BCUT2D eigenvalue weighted by molar-refractivity contribution is 5.75. The molecule has 1 aliphatic rings. The second kappa shape index (κ2) is 7.80. The fourth-order valence-electron chi connectivity index (χ4n) is 2.65. The molecule has 1 rings (SSSR count). The van der Waals surface area contributed by atoms with Crippen LogP contribution in [0.2, 0.25) is 0 Å². The summed E-state index contributed by atoms with van der Waals surface area (Å²) in [6, 6.07) is -0.312. The zero-order valence-corrected chi connectivity index (χ0v) is 11.3. The molecule has 1 heterocycles. The quantitative estimate of drug-likeness (QED) is 0.622. The van der Waals surface area contributed by atoms with E-state index in [1.807, 2.05) is 0 Å². The molecule has 118 valence electrons. The number of hydrogen-bond acceptors (Lipinski definition) is 4. The van der Waals surface area contributed by atoms with Gasteiger partial charge in [0.05, 0.1) is 13.1 Å². The Morgan fingerprint density at radius 1 is 1.40 bits per heavy atom. The molecular weight excluding hydrogens is 275 g/mol. The zero-order valence-electron chi connectivity index (χ0n) is 11.3. The molecule has 20 heavy (non-hydrogen) atoms. The highest BCUT2D eigenvalue weighted by atomic mass is 19.4. The number of amides is 1. The van der Waals surface area contributed by atoms with Crippen molar-refractivity contribution in [2.24, 2.45) is 11.7 Å². The highest BCUT2D eigenvalue weighted by Gasteiger charge is 2.32. The Bertz CT molecular complexity index is 313. The average Bonchev–Trinajstić information content (AvgIpc) is 2.32. The third-order valence-corrected chi connectivity index (χ3v) is 3.35. The topological polar surface area (TPSA) is 78.6 Å². The predicted octanol–water partition coefficient (Wildman–Crippen LogP) is 0.0866. The van der Waals surface area contributed by atoms with Gasteiger partial charge in [-0.05, 0) is 25.2 Å². The molecule has 0 aliphatic carbocycles. The van der Waals surface area contributed by atoms with Gasteiger partial charge in [0.25, 0.3) is 0 Å². The standard InChI is InChI=1S/C12H22F3N3O2/c13-12(14,15)8-17-10-4-9(2-1-3-19)5-18(6-10)7-11(16)20/h9-10,17,19H,1-8H2,(H2,16,20). The first kappa shape index (κ1) is 17.2. The number of hydrogen-bond donors (Lipinski definition) is 3. The van der Waals surface area contributed by atoms with E-state index in [9.17, 15) is 18.0 Å². The van der Waals surface area contributed by atoms with E-state index >= 15 is 0 Å². The van der Waals surface area contributed by atoms with Crippen LogP contribution in [0.15, 0.2) is 0 Å². The Kier molecular flexibility index (Phi) is 6.70. The number of nitrogens with zero attached hydrogens (tertiary/aromatic N) is 1. The molecule has 0 spiro atoms. The number of primary amides is 1. The number of likely N-dealkylation sites (tertiary alicyclic amines) is 1. The fraction of sp³-hybridized carbons (Fsp3) is 0.917. The molecule has 0 saturated carbocycles. The van der Waals surface area contributed by atoms with Gasteiger partial charge in [0.2, 0.25) is 5.91 Å². The average molecular weight is 297 g/mol. The van der Waals surface area contributed by atoms with Crippen LogP contribution >= 0.6 is 0 Å². The SMILES string of the molecule is NC(=O)CN1CC(CCCO)CC(NCC(F)(F)F)C1. The minimum absolute atomic E-state index is 0.0554. The molecule has 2 atom stereocenters. The maximum Gasteiger partial charge on any atom is 0.401 e. The van der Waals surface area contributed by atoms with Crippen molar-refractivity contribution in [1.29, 1.82) is 0 Å². The van der Waals surface area contributed by atoms with Gasteiger partial charge in [0.15, 0.2) is 0 Å². The molecule has 1 amide bonds. The van der Waals surface area contributed by atoms with Crippen LogP contribution in [0.5, 0.6) is 0 Å². The number of carbonyl (C=O) groups excluding carboxylic acids is 1. The summed E-state index contributed by atoms with van der Waals surface area (Å²) in [5.74, 6) is -0.316. The molecule has 0 aromatic carbocycles.